The average Bonchev–Trinajstić information content (AvgIpc) is 3.15. The molecule has 1 aromatic carbocycles. The number of benzene rings is 1. The molecular formula is C24H27N3O6. The van der Waals surface area contributed by atoms with Crippen molar-refractivity contribution in [2.75, 3.05) is 13.7 Å². The first kappa shape index (κ1) is 21.6. The zero-order valence-corrected chi connectivity index (χ0v) is 19.1. The van der Waals surface area contributed by atoms with Crippen LogP contribution in [0.3, 0.4) is 0 Å². The maximum Gasteiger partial charge on any atom is 0.356 e. The molecule has 174 valence electrons. The quantitative estimate of drug-likeness (QED) is 0.668. The van der Waals surface area contributed by atoms with E-state index in [1.807, 2.05) is 19.1 Å². The molecule has 0 bridgehead atoms. The minimum Gasteiger partial charge on any atom is -0.494 e. The number of fused-ring (bicyclic) bond motifs is 1. The van der Waals surface area contributed by atoms with Gasteiger partial charge in [-0.05, 0) is 62.6 Å². The molecule has 2 aliphatic heterocycles. The number of rotatable bonds is 5. The molecule has 1 aliphatic carbocycles. The highest BCUT2D eigenvalue weighted by atomic mass is 16.7. The van der Waals surface area contributed by atoms with Gasteiger partial charge >= 0.3 is 11.9 Å². The summed E-state index contributed by atoms with van der Waals surface area (Å²) >= 11 is 0. The highest BCUT2D eigenvalue weighted by Crippen LogP contribution is 2.55. The van der Waals surface area contributed by atoms with Crippen molar-refractivity contribution in [2.45, 2.75) is 57.1 Å². The van der Waals surface area contributed by atoms with Gasteiger partial charge in [0, 0.05) is 12.0 Å². The molecule has 9 nitrogen and oxygen atoms in total. The molecule has 3 aliphatic rings. The Hall–Kier alpha value is -3.29. The zero-order valence-electron chi connectivity index (χ0n) is 19.1. The molecule has 0 spiro atoms. The van der Waals surface area contributed by atoms with E-state index in [0.717, 1.165) is 29.3 Å². The van der Waals surface area contributed by atoms with Crippen LogP contribution < -0.4 is 10.2 Å². The van der Waals surface area contributed by atoms with Gasteiger partial charge in [0.15, 0.2) is 23.2 Å². The van der Waals surface area contributed by atoms with Crippen molar-refractivity contribution >= 4 is 28.6 Å². The summed E-state index contributed by atoms with van der Waals surface area (Å²) in [7, 11) is 1.49. The number of hydrogen-bond donors (Lipinski definition) is 2. The predicted octanol–water partition coefficient (Wildman–Crippen LogP) is 3.36. The summed E-state index contributed by atoms with van der Waals surface area (Å²) in [5.74, 6) is 1.42. The number of hydroxylamine groups is 1. The normalized spacial score (nSPS) is 28.0. The van der Waals surface area contributed by atoms with Gasteiger partial charge in [0.05, 0.1) is 18.2 Å². The van der Waals surface area contributed by atoms with Gasteiger partial charge in [-0.2, -0.15) is 4.99 Å². The maximum absolute atomic E-state index is 12.5. The number of ether oxygens (including phenoxy) is 2. The van der Waals surface area contributed by atoms with E-state index in [9.17, 15) is 14.7 Å². The number of nitrogens with zero attached hydrogens (tertiary/aromatic N) is 2. The molecule has 0 unspecified atom stereocenters. The highest BCUT2D eigenvalue weighted by Gasteiger charge is 2.61. The number of nitrogens with one attached hydrogen (secondary N) is 1. The lowest BCUT2D eigenvalue weighted by atomic mass is 9.83. The molecule has 1 saturated heterocycles. The summed E-state index contributed by atoms with van der Waals surface area (Å²) < 4.78 is 13.3. The number of methoxy groups -OCH3 is 1. The summed E-state index contributed by atoms with van der Waals surface area (Å²) in [6.45, 7) is 6.88. The van der Waals surface area contributed by atoms with Crippen LogP contribution in [0.2, 0.25) is 0 Å². The lowest BCUT2D eigenvalue weighted by molar-refractivity contribution is -0.0592. The second-order valence-electron chi connectivity index (χ2n) is 9.70. The Bertz CT molecular complexity index is 1240. The van der Waals surface area contributed by atoms with E-state index in [1.165, 1.54) is 7.11 Å². The molecule has 1 aromatic heterocycles. The molecule has 33 heavy (non-hydrogen) atoms. The van der Waals surface area contributed by atoms with Gasteiger partial charge in [-0.25, -0.2) is 15.1 Å². The van der Waals surface area contributed by atoms with E-state index in [1.54, 1.807) is 10.5 Å². The monoisotopic (exact) mass is 453 g/mol. The smallest absolute Gasteiger partial charge is 0.356 e. The summed E-state index contributed by atoms with van der Waals surface area (Å²) in [6.07, 6.45) is 2.42. The van der Waals surface area contributed by atoms with Crippen LogP contribution in [0.4, 0.5) is 0 Å². The number of carbonyl (C=O) groups is 1. The third-order valence-corrected chi connectivity index (χ3v) is 7.15. The minimum atomic E-state index is -1.10. The lowest BCUT2D eigenvalue weighted by Crippen LogP contribution is -2.38. The number of hydrogen-bond acceptors (Lipinski definition) is 7. The van der Waals surface area contributed by atoms with E-state index >= 15 is 0 Å². The molecule has 9 heteroatoms. The zero-order chi connectivity index (χ0) is 23.5. The molecule has 2 aromatic rings. The number of carbonyl (C=O) groups excluding carboxylic acids is 1. The first-order valence-corrected chi connectivity index (χ1v) is 11.1. The Morgan fingerprint density at radius 1 is 1.36 bits per heavy atom. The predicted molar refractivity (Wildman–Crippen MR) is 120 cm³/mol. The van der Waals surface area contributed by atoms with E-state index in [2.05, 4.69) is 30.4 Å². The topological polar surface area (TPSA) is 111 Å². The molecule has 3 atom stereocenters. The molecule has 5 rings (SSSR count). The van der Waals surface area contributed by atoms with Crippen LogP contribution in [0.5, 0.6) is 5.75 Å². The van der Waals surface area contributed by atoms with Gasteiger partial charge in [-0.1, -0.05) is 13.0 Å². The van der Waals surface area contributed by atoms with E-state index in [0.29, 0.717) is 30.5 Å². The van der Waals surface area contributed by atoms with Gasteiger partial charge < -0.3 is 24.0 Å². The molecule has 3 heterocycles. The van der Waals surface area contributed by atoms with E-state index in [-0.39, 0.29) is 23.1 Å². The van der Waals surface area contributed by atoms with Crippen LogP contribution in [0.25, 0.3) is 10.9 Å². The summed E-state index contributed by atoms with van der Waals surface area (Å²) in [4.78, 5) is 32.8. The number of aromatic nitrogens is 1. The fourth-order valence-electron chi connectivity index (χ4n) is 5.49. The van der Waals surface area contributed by atoms with Crippen LogP contribution in [-0.2, 0) is 19.9 Å². The SMILES string of the molecule is COc1c(C(=O)O)n([C@@]2(C3=NC(=C=O)ON3)C[C@@H]2C)c2ccc([C@H]3CCOC(C)(C)C3)cc12. The molecular weight excluding hydrogens is 426 g/mol. The maximum atomic E-state index is 12.5. The largest absolute Gasteiger partial charge is 0.494 e. The number of aliphatic imine (C=N–C) groups is 1. The van der Waals surface area contributed by atoms with Crippen molar-refractivity contribution in [3.63, 3.8) is 0 Å². The Morgan fingerprint density at radius 3 is 2.70 bits per heavy atom. The van der Waals surface area contributed by atoms with Crippen molar-refractivity contribution in [3.8, 4) is 5.75 Å². The summed E-state index contributed by atoms with van der Waals surface area (Å²) in [5, 5.41) is 10.9. The number of carboxylic acids is 1. The van der Waals surface area contributed by atoms with E-state index in [4.69, 9.17) is 14.3 Å². The van der Waals surface area contributed by atoms with Crippen LogP contribution in [0.1, 0.15) is 62.0 Å². The van der Waals surface area contributed by atoms with Gasteiger partial charge in [-0.3, -0.25) is 0 Å². The highest BCUT2D eigenvalue weighted by molar-refractivity contribution is 6.05. The standard InChI is InChI=1S/C24H27N3O6/c1-13-10-24(13,22-25-18(12-28)33-26-22)27-17-6-5-14(15-7-8-32-23(2,3)11-15)9-16(17)20(31-4)19(27)21(29)30/h5-6,9,13,15H,7-8,10-11H2,1-4H3,(H,25,26)(H,29,30)/t13-,15-,24-/m0/s1. The van der Waals surface area contributed by atoms with Crippen molar-refractivity contribution < 1.29 is 29.0 Å². The summed E-state index contributed by atoms with van der Waals surface area (Å²) in [6, 6.07) is 6.07. The van der Waals surface area contributed by atoms with Gasteiger partial charge in [-0.15, -0.1) is 0 Å². The number of carboxylic acid groups (broad SMARTS) is 1. The Balaban J connectivity index is 1.71. The number of aromatic carboxylic acids is 1. The molecule has 2 N–H and O–H groups in total. The average molecular weight is 453 g/mol. The first-order chi connectivity index (χ1) is 15.7. The Morgan fingerprint density at radius 2 is 2.12 bits per heavy atom. The van der Waals surface area contributed by atoms with Crippen LogP contribution in [0.15, 0.2) is 29.1 Å². The van der Waals surface area contributed by atoms with Crippen molar-refractivity contribution in [2.24, 2.45) is 10.9 Å². The second-order valence-corrected chi connectivity index (χ2v) is 9.70. The number of amidine groups is 1. The van der Waals surface area contributed by atoms with Gasteiger partial charge in [0.1, 0.15) is 5.54 Å². The third-order valence-electron chi connectivity index (χ3n) is 7.15. The van der Waals surface area contributed by atoms with Gasteiger partial charge in [0.25, 0.3) is 0 Å². The Kier molecular flexibility index (Phi) is 4.81. The fraction of sp³-hybridized carbons (Fsp3) is 0.500. The first-order valence-electron chi connectivity index (χ1n) is 11.1. The van der Waals surface area contributed by atoms with Gasteiger partial charge in [0.2, 0.25) is 0 Å². The molecule has 1 saturated carbocycles. The lowest BCUT2D eigenvalue weighted by Gasteiger charge is -2.35. The minimum absolute atomic E-state index is 0.0503. The van der Waals surface area contributed by atoms with Crippen LogP contribution in [0, 0.1) is 5.92 Å². The van der Waals surface area contributed by atoms with Crippen molar-refractivity contribution in [1.29, 1.82) is 0 Å². The van der Waals surface area contributed by atoms with E-state index < -0.39 is 11.5 Å². The molecule has 0 radical (unpaired) electrons. The van der Waals surface area contributed by atoms with Crippen LogP contribution in [-0.4, -0.2) is 46.7 Å². The summed E-state index contributed by atoms with van der Waals surface area (Å²) in [5.41, 5.74) is 3.63. The van der Waals surface area contributed by atoms with Crippen LogP contribution >= 0.6 is 0 Å². The second kappa shape index (κ2) is 7.37. The van der Waals surface area contributed by atoms with Crippen molar-refractivity contribution in [3.05, 3.63) is 35.3 Å². The van der Waals surface area contributed by atoms with Crippen molar-refractivity contribution in [1.82, 2.24) is 10.0 Å². The molecule has 0 amide bonds. The Labute approximate surface area is 191 Å². The third kappa shape index (κ3) is 3.22. The molecule has 2 fully saturated rings. The fourth-order valence-corrected chi connectivity index (χ4v) is 5.49.